The lowest BCUT2D eigenvalue weighted by molar-refractivity contribution is 0.101. The number of nitrogens with zero attached hydrogens (tertiary/aromatic N) is 1. The Morgan fingerprint density at radius 2 is 1.65 bits per heavy atom. The molecule has 0 aliphatic carbocycles. The highest BCUT2D eigenvalue weighted by Gasteiger charge is 2.21. The second-order valence-corrected chi connectivity index (χ2v) is 8.21. The first-order chi connectivity index (χ1) is 12.3. The summed E-state index contributed by atoms with van der Waals surface area (Å²) in [5.41, 5.74) is 0.974. The Morgan fingerprint density at radius 1 is 1.04 bits per heavy atom. The number of hydrogen-bond donors (Lipinski definition) is 1. The van der Waals surface area contributed by atoms with Gasteiger partial charge in [-0.2, -0.15) is 4.31 Å². The van der Waals surface area contributed by atoms with Gasteiger partial charge in [-0.15, -0.1) is 0 Å². The molecule has 1 N–H and O–H groups in total. The Kier molecular flexibility index (Phi) is 7.06. The van der Waals surface area contributed by atoms with Crippen molar-refractivity contribution in [2.24, 2.45) is 0 Å². The summed E-state index contributed by atoms with van der Waals surface area (Å²) in [5.74, 6) is -0.187. The molecule has 0 atom stereocenters. The molecule has 0 spiro atoms. The predicted molar refractivity (Wildman–Crippen MR) is 106 cm³/mol. The molecule has 0 amide bonds. The zero-order valence-corrected chi connectivity index (χ0v) is 16.8. The summed E-state index contributed by atoms with van der Waals surface area (Å²) >= 11 is 12.0. The van der Waals surface area contributed by atoms with E-state index in [-0.39, 0.29) is 17.2 Å². The quantitative estimate of drug-likeness (QED) is 0.653. The molecule has 0 aromatic heterocycles. The second-order valence-electron chi connectivity index (χ2n) is 5.49. The van der Waals surface area contributed by atoms with Crippen LogP contribution in [0.25, 0.3) is 0 Å². The van der Waals surface area contributed by atoms with Crippen LogP contribution in [0.1, 0.15) is 24.2 Å². The monoisotopic (exact) mass is 414 g/mol. The van der Waals surface area contributed by atoms with Gasteiger partial charge < -0.3 is 5.32 Å². The molecule has 5 nitrogen and oxygen atoms in total. The maximum atomic E-state index is 12.5. The molecule has 2 aromatic carbocycles. The van der Waals surface area contributed by atoms with Crippen molar-refractivity contribution in [3.8, 4) is 0 Å². The van der Waals surface area contributed by atoms with Crippen molar-refractivity contribution in [2.75, 3.05) is 25.0 Å². The predicted octanol–water partition coefficient (Wildman–Crippen LogP) is 4.32. The molecule has 2 rings (SSSR count). The van der Waals surface area contributed by atoms with Crippen molar-refractivity contribution in [3.05, 3.63) is 58.1 Å². The smallest absolute Gasteiger partial charge is 0.243 e. The summed E-state index contributed by atoms with van der Waals surface area (Å²) in [4.78, 5) is 12.5. The van der Waals surface area contributed by atoms with Crippen molar-refractivity contribution < 1.29 is 13.2 Å². The van der Waals surface area contributed by atoms with Crippen molar-refractivity contribution in [1.29, 1.82) is 0 Å². The summed E-state index contributed by atoms with van der Waals surface area (Å²) in [7, 11) is -3.54. The van der Waals surface area contributed by atoms with Gasteiger partial charge in [-0.3, -0.25) is 4.79 Å². The minimum atomic E-state index is -3.54. The lowest BCUT2D eigenvalue weighted by Crippen LogP contribution is -2.30. The summed E-state index contributed by atoms with van der Waals surface area (Å²) in [6, 6.07) is 11.0. The van der Waals surface area contributed by atoms with Crippen molar-refractivity contribution in [1.82, 2.24) is 4.31 Å². The number of nitrogens with one attached hydrogen (secondary N) is 1. The van der Waals surface area contributed by atoms with Gasteiger partial charge in [0.15, 0.2) is 5.78 Å². The first-order valence-corrected chi connectivity index (χ1v) is 10.3. The van der Waals surface area contributed by atoms with E-state index in [2.05, 4.69) is 5.32 Å². The Bertz CT molecular complexity index is 880. The average Bonchev–Trinajstić information content (AvgIpc) is 2.63. The zero-order valence-electron chi connectivity index (χ0n) is 14.5. The fraction of sp³-hybridized carbons (Fsp3) is 0.278. The number of hydrogen-bond acceptors (Lipinski definition) is 4. The van der Waals surface area contributed by atoms with Crippen molar-refractivity contribution in [2.45, 2.75) is 18.7 Å². The number of Topliss-reactive ketones (excluding diaryl/α,β-unsaturated/α-hetero) is 1. The van der Waals surface area contributed by atoms with Crippen LogP contribution in [-0.4, -0.2) is 38.1 Å². The van der Waals surface area contributed by atoms with Crippen LogP contribution in [0.2, 0.25) is 10.0 Å². The van der Waals surface area contributed by atoms with E-state index in [1.807, 2.05) is 0 Å². The van der Waals surface area contributed by atoms with Gasteiger partial charge in [0.2, 0.25) is 10.0 Å². The SMILES string of the molecule is CCN(CC)S(=O)(=O)c1ccc(C(=O)CNc2cccc(Cl)c2Cl)cc1. The molecular weight excluding hydrogens is 395 g/mol. The number of halogens is 2. The highest BCUT2D eigenvalue weighted by atomic mass is 35.5. The van der Waals surface area contributed by atoms with E-state index >= 15 is 0 Å². The average molecular weight is 415 g/mol. The summed E-state index contributed by atoms with van der Waals surface area (Å²) in [6.45, 7) is 4.37. The minimum absolute atomic E-state index is 0.0161. The van der Waals surface area contributed by atoms with Crippen LogP contribution in [0.3, 0.4) is 0 Å². The van der Waals surface area contributed by atoms with Gasteiger partial charge in [-0.05, 0) is 36.4 Å². The van der Waals surface area contributed by atoms with Crippen LogP contribution < -0.4 is 5.32 Å². The Hall–Kier alpha value is -1.60. The lowest BCUT2D eigenvalue weighted by atomic mass is 10.1. The summed E-state index contributed by atoms with van der Waals surface area (Å²) < 4.78 is 26.3. The Morgan fingerprint density at radius 3 is 2.23 bits per heavy atom. The molecule has 0 bridgehead atoms. The number of sulfonamides is 1. The normalized spacial score (nSPS) is 11.6. The third-order valence-corrected chi connectivity index (χ3v) is 6.79. The van der Waals surface area contributed by atoms with E-state index in [4.69, 9.17) is 23.2 Å². The fourth-order valence-electron chi connectivity index (χ4n) is 2.44. The van der Waals surface area contributed by atoms with E-state index < -0.39 is 10.0 Å². The van der Waals surface area contributed by atoms with E-state index in [0.29, 0.717) is 34.4 Å². The van der Waals surface area contributed by atoms with Crippen LogP contribution in [-0.2, 0) is 10.0 Å². The minimum Gasteiger partial charge on any atom is -0.376 e. The Labute approximate surface area is 164 Å². The standard InChI is InChI=1S/C18H20Cl2N2O3S/c1-3-22(4-2)26(24,25)14-10-8-13(9-11-14)17(23)12-21-16-7-5-6-15(19)18(16)20/h5-11,21H,3-4,12H2,1-2H3. The van der Waals surface area contributed by atoms with Crippen LogP contribution in [0.15, 0.2) is 47.4 Å². The molecular formula is C18H20Cl2N2O3S. The van der Waals surface area contributed by atoms with Crippen LogP contribution in [0.5, 0.6) is 0 Å². The third kappa shape index (κ3) is 4.57. The lowest BCUT2D eigenvalue weighted by Gasteiger charge is -2.18. The number of benzene rings is 2. The van der Waals surface area contributed by atoms with Crippen LogP contribution in [0.4, 0.5) is 5.69 Å². The van der Waals surface area contributed by atoms with Gasteiger partial charge in [0.1, 0.15) is 0 Å². The largest absolute Gasteiger partial charge is 0.376 e. The molecule has 0 heterocycles. The van der Waals surface area contributed by atoms with E-state index in [1.54, 1.807) is 32.0 Å². The second kappa shape index (κ2) is 8.86. The van der Waals surface area contributed by atoms with Gasteiger partial charge in [0.05, 0.1) is 27.2 Å². The maximum absolute atomic E-state index is 12.5. The summed E-state index contributed by atoms with van der Waals surface area (Å²) in [5, 5.41) is 3.69. The number of rotatable bonds is 8. The molecule has 0 radical (unpaired) electrons. The molecule has 0 unspecified atom stereocenters. The maximum Gasteiger partial charge on any atom is 0.243 e. The molecule has 140 valence electrons. The first kappa shape index (κ1) is 20.7. The van der Waals surface area contributed by atoms with Crippen molar-refractivity contribution in [3.63, 3.8) is 0 Å². The Balaban J connectivity index is 2.10. The van der Waals surface area contributed by atoms with Gasteiger partial charge in [-0.1, -0.05) is 43.1 Å². The van der Waals surface area contributed by atoms with Crippen LogP contribution >= 0.6 is 23.2 Å². The van der Waals surface area contributed by atoms with E-state index in [0.717, 1.165) is 0 Å². The topological polar surface area (TPSA) is 66.5 Å². The number of anilines is 1. The molecule has 0 saturated heterocycles. The first-order valence-electron chi connectivity index (χ1n) is 8.12. The fourth-order valence-corrected chi connectivity index (χ4v) is 4.27. The van der Waals surface area contributed by atoms with Crippen LogP contribution in [0, 0.1) is 0 Å². The number of carbonyl (C=O) groups excluding carboxylic acids is 1. The number of ketones is 1. The third-order valence-electron chi connectivity index (χ3n) is 3.91. The highest BCUT2D eigenvalue weighted by Crippen LogP contribution is 2.29. The number of carbonyl (C=O) groups is 1. The molecule has 2 aromatic rings. The molecule has 0 saturated carbocycles. The molecule has 0 aliphatic rings. The molecule has 8 heteroatoms. The van der Waals surface area contributed by atoms with Gasteiger partial charge in [0, 0.05) is 18.7 Å². The molecule has 0 fully saturated rings. The van der Waals surface area contributed by atoms with E-state index in [1.165, 1.54) is 28.6 Å². The molecule has 0 aliphatic heterocycles. The van der Waals surface area contributed by atoms with E-state index in [9.17, 15) is 13.2 Å². The molecule has 26 heavy (non-hydrogen) atoms. The zero-order chi connectivity index (χ0) is 19.3. The van der Waals surface area contributed by atoms with Crippen molar-refractivity contribution >= 4 is 44.7 Å². The van der Waals surface area contributed by atoms with Gasteiger partial charge >= 0.3 is 0 Å². The van der Waals surface area contributed by atoms with Gasteiger partial charge in [0.25, 0.3) is 0 Å². The highest BCUT2D eigenvalue weighted by molar-refractivity contribution is 7.89. The van der Waals surface area contributed by atoms with Gasteiger partial charge in [-0.25, -0.2) is 8.42 Å². The summed E-state index contributed by atoms with van der Waals surface area (Å²) in [6.07, 6.45) is 0.